The Morgan fingerprint density at radius 3 is 2.29 bits per heavy atom. The summed E-state index contributed by atoms with van der Waals surface area (Å²) >= 11 is 1.65. The fourth-order valence-corrected chi connectivity index (χ4v) is 4.43. The number of nitrogens with one attached hydrogen (secondary N) is 1. The van der Waals surface area contributed by atoms with Crippen molar-refractivity contribution >= 4 is 29.0 Å². The van der Waals surface area contributed by atoms with Gasteiger partial charge in [-0.05, 0) is 74.5 Å². The number of thiophene rings is 1. The van der Waals surface area contributed by atoms with E-state index in [1.54, 1.807) is 28.4 Å². The van der Waals surface area contributed by atoms with Crippen LogP contribution in [-0.4, -0.2) is 40.9 Å². The van der Waals surface area contributed by atoms with Crippen molar-refractivity contribution in [3.05, 3.63) is 82.0 Å². The van der Waals surface area contributed by atoms with Crippen LogP contribution in [-0.2, 0) is 17.9 Å². The van der Waals surface area contributed by atoms with Gasteiger partial charge in [0.25, 0.3) is 0 Å². The number of carbonyl (C=O) groups excluding carboxylic acids is 2. The van der Waals surface area contributed by atoms with Gasteiger partial charge in [-0.15, -0.1) is 11.3 Å². The summed E-state index contributed by atoms with van der Waals surface area (Å²) in [4.78, 5) is 31.1. The Labute approximate surface area is 206 Å². The molecule has 0 aliphatic heterocycles. The Balaban J connectivity index is 1.73. The Morgan fingerprint density at radius 1 is 1.00 bits per heavy atom. The highest BCUT2D eigenvalue weighted by Crippen LogP contribution is 2.20. The van der Waals surface area contributed by atoms with Crippen LogP contribution in [0.3, 0.4) is 0 Å². The lowest BCUT2D eigenvalue weighted by molar-refractivity contribution is -0.133. The highest BCUT2D eigenvalue weighted by Gasteiger charge is 2.24. The van der Waals surface area contributed by atoms with Gasteiger partial charge in [0.05, 0.1) is 13.2 Å². The molecule has 1 heterocycles. The molecule has 6 nitrogen and oxygen atoms in total. The average Bonchev–Trinajstić information content (AvgIpc) is 3.23. The van der Waals surface area contributed by atoms with Crippen molar-refractivity contribution in [3.8, 4) is 5.75 Å². The molecular weight excluding hydrogens is 446 g/mol. The minimum absolute atomic E-state index is 0.00220. The summed E-state index contributed by atoms with van der Waals surface area (Å²) in [7, 11) is 0. The highest BCUT2D eigenvalue weighted by molar-refractivity contribution is 7.10. The van der Waals surface area contributed by atoms with E-state index in [4.69, 9.17) is 4.74 Å². The largest absolute Gasteiger partial charge is 0.494 e. The maximum absolute atomic E-state index is 13.5. The van der Waals surface area contributed by atoms with Gasteiger partial charge in [0.2, 0.25) is 5.91 Å². The highest BCUT2D eigenvalue weighted by atomic mass is 32.1. The van der Waals surface area contributed by atoms with E-state index < -0.39 is 0 Å². The molecule has 180 valence electrons. The predicted molar refractivity (Wildman–Crippen MR) is 138 cm³/mol. The van der Waals surface area contributed by atoms with Crippen molar-refractivity contribution in [1.82, 2.24) is 9.80 Å². The first-order valence-corrected chi connectivity index (χ1v) is 12.4. The molecule has 3 aromatic rings. The third kappa shape index (κ3) is 7.09. The van der Waals surface area contributed by atoms with Gasteiger partial charge < -0.3 is 19.9 Å². The number of nitrogens with zero attached hydrogens (tertiary/aromatic N) is 2. The molecule has 0 fully saturated rings. The van der Waals surface area contributed by atoms with Crippen molar-refractivity contribution in [2.24, 2.45) is 0 Å². The second kappa shape index (κ2) is 12.2. The lowest BCUT2D eigenvalue weighted by atomic mass is 10.2. The van der Waals surface area contributed by atoms with Crippen LogP contribution in [0.15, 0.2) is 66.0 Å². The molecule has 0 saturated carbocycles. The monoisotopic (exact) mass is 479 g/mol. The second-order valence-corrected chi connectivity index (χ2v) is 9.37. The van der Waals surface area contributed by atoms with E-state index >= 15 is 0 Å². The van der Waals surface area contributed by atoms with Gasteiger partial charge in [0.1, 0.15) is 12.3 Å². The number of carbonyl (C=O) groups is 2. The molecule has 0 unspecified atom stereocenters. The molecule has 0 atom stereocenters. The van der Waals surface area contributed by atoms with Crippen LogP contribution in [0.25, 0.3) is 0 Å². The number of ether oxygens (including phenoxy) is 1. The van der Waals surface area contributed by atoms with E-state index in [-0.39, 0.29) is 24.5 Å². The summed E-state index contributed by atoms with van der Waals surface area (Å²) in [5.41, 5.74) is 2.88. The SMILES string of the molecule is CCOc1ccc(NC(=O)N(CC(=O)N(Cc2ccccc2)Cc2sccc2C)C(C)C)cc1. The third-order valence-corrected chi connectivity index (χ3v) is 6.49. The molecule has 0 radical (unpaired) electrons. The lowest BCUT2D eigenvalue weighted by Gasteiger charge is -2.30. The van der Waals surface area contributed by atoms with Crippen LogP contribution in [0.4, 0.5) is 10.5 Å². The van der Waals surface area contributed by atoms with E-state index in [0.29, 0.717) is 25.4 Å². The van der Waals surface area contributed by atoms with Crippen molar-refractivity contribution in [2.75, 3.05) is 18.5 Å². The molecule has 0 saturated heterocycles. The summed E-state index contributed by atoms with van der Waals surface area (Å²) < 4.78 is 5.46. The van der Waals surface area contributed by atoms with Gasteiger partial charge in [-0.1, -0.05) is 30.3 Å². The summed E-state index contributed by atoms with van der Waals surface area (Å²) in [5.74, 6) is 0.656. The number of aryl methyl sites for hydroxylation is 1. The van der Waals surface area contributed by atoms with Gasteiger partial charge >= 0.3 is 6.03 Å². The predicted octanol–water partition coefficient (Wildman–Crippen LogP) is 5.93. The number of anilines is 1. The van der Waals surface area contributed by atoms with E-state index in [0.717, 1.165) is 16.2 Å². The first-order chi connectivity index (χ1) is 16.4. The number of benzene rings is 2. The zero-order valence-corrected chi connectivity index (χ0v) is 21.1. The second-order valence-electron chi connectivity index (χ2n) is 8.37. The zero-order chi connectivity index (χ0) is 24.5. The van der Waals surface area contributed by atoms with Crippen molar-refractivity contribution in [2.45, 2.75) is 46.8 Å². The molecule has 0 aliphatic carbocycles. The molecule has 2 aromatic carbocycles. The zero-order valence-electron chi connectivity index (χ0n) is 20.3. The number of hydrogen-bond donors (Lipinski definition) is 1. The van der Waals surface area contributed by atoms with Crippen LogP contribution in [0.1, 0.15) is 36.8 Å². The number of urea groups is 1. The van der Waals surface area contributed by atoms with Gasteiger partial charge in [-0.25, -0.2) is 4.79 Å². The Hall–Kier alpha value is -3.32. The molecule has 7 heteroatoms. The molecule has 3 rings (SSSR count). The Bertz CT molecular complexity index is 1060. The third-order valence-electron chi connectivity index (χ3n) is 5.48. The fourth-order valence-electron chi connectivity index (χ4n) is 3.51. The van der Waals surface area contributed by atoms with Gasteiger partial charge in [-0.2, -0.15) is 0 Å². The average molecular weight is 480 g/mol. The number of hydrogen-bond acceptors (Lipinski definition) is 4. The first kappa shape index (κ1) is 25.3. The summed E-state index contributed by atoms with van der Waals surface area (Å²) in [6.45, 7) is 9.39. The number of rotatable bonds is 10. The molecule has 3 amide bonds. The Kier molecular flexibility index (Phi) is 9.10. The van der Waals surface area contributed by atoms with Crippen LogP contribution < -0.4 is 10.1 Å². The molecule has 1 N–H and O–H groups in total. The first-order valence-electron chi connectivity index (χ1n) is 11.5. The van der Waals surface area contributed by atoms with Crippen LogP contribution >= 0.6 is 11.3 Å². The van der Waals surface area contributed by atoms with E-state index in [1.807, 2.05) is 73.5 Å². The van der Waals surface area contributed by atoms with E-state index in [2.05, 4.69) is 18.3 Å². The minimum Gasteiger partial charge on any atom is -0.494 e. The van der Waals surface area contributed by atoms with Crippen LogP contribution in [0.2, 0.25) is 0 Å². The summed E-state index contributed by atoms with van der Waals surface area (Å²) in [6.07, 6.45) is 0. The van der Waals surface area contributed by atoms with Gasteiger partial charge in [0, 0.05) is 23.2 Å². The van der Waals surface area contributed by atoms with Crippen LogP contribution in [0, 0.1) is 6.92 Å². The molecule has 34 heavy (non-hydrogen) atoms. The molecule has 1 aromatic heterocycles. The van der Waals surface area contributed by atoms with E-state index in [9.17, 15) is 9.59 Å². The van der Waals surface area contributed by atoms with Gasteiger partial charge in [-0.3, -0.25) is 4.79 Å². The van der Waals surface area contributed by atoms with Crippen LogP contribution in [0.5, 0.6) is 5.75 Å². The van der Waals surface area contributed by atoms with Gasteiger partial charge in [0.15, 0.2) is 0 Å². The lowest BCUT2D eigenvalue weighted by Crippen LogP contribution is -2.47. The molecular formula is C27H33N3O3S. The minimum atomic E-state index is -0.306. The van der Waals surface area contributed by atoms with Crippen molar-refractivity contribution in [3.63, 3.8) is 0 Å². The van der Waals surface area contributed by atoms with Crippen molar-refractivity contribution in [1.29, 1.82) is 0 Å². The number of amides is 3. The quantitative estimate of drug-likeness (QED) is 0.392. The van der Waals surface area contributed by atoms with E-state index in [1.165, 1.54) is 5.56 Å². The fraction of sp³-hybridized carbons (Fsp3) is 0.333. The standard InChI is InChI=1S/C27H33N3O3S/c1-5-33-24-13-11-23(12-14-24)28-27(32)30(20(2)3)19-26(31)29(17-22-9-7-6-8-10-22)18-25-21(4)15-16-34-25/h6-16,20H,5,17-19H2,1-4H3,(H,28,32). The van der Waals surface area contributed by atoms with Crippen molar-refractivity contribution < 1.29 is 14.3 Å². The molecule has 0 bridgehead atoms. The Morgan fingerprint density at radius 2 is 1.71 bits per heavy atom. The topological polar surface area (TPSA) is 61.9 Å². The maximum atomic E-state index is 13.5. The normalized spacial score (nSPS) is 10.7. The summed E-state index contributed by atoms with van der Waals surface area (Å²) in [5, 5.41) is 4.95. The molecule has 0 aliphatic rings. The smallest absolute Gasteiger partial charge is 0.322 e. The molecule has 0 spiro atoms. The maximum Gasteiger partial charge on any atom is 0.322 e. The summed E-state index contributed by atoms with van der Waals surface area (Å²) in [6, 6.07) is 18.8.